The SMILES string of the molecule is c1ccc(-c2ccc3cc(-c4cccc(-c5nc(-c6ccccc6)nc(-c6ccc7oc8ccccc8c7c6)n5)c4)ccc3c2)cc1. The fourth-order valence-corrected chi connectivity index (χ4v) is 6.29. The third-order valence-corrected chi connectivity index (χ3v) is 8.70. The topological polar surface area (TPSA) is 51.8 Å². The fraction of sp³-hybridized carbons (Fsp3) is 0. The van der Waals surface area contributed by atoms with E-state index in [4.69, 9.17) is 19.4 Å². The molecule has 2 aromatic heterocycles. The third kappa shape index (κ3) is 5.02. The molecule has 0 saturated heterocycles. The van der Waals surface area contributed by atoms with Gasteiger partial charge >= 0.3 is 0 Å². The molecule has 0 saturated carbocycles. The van der Waals surface area contributed by atoms with Crippen molar-refractivity contribution in [3.63, 3.8) is 0 Å². The van der Waals surface area contributed by atoms with E-state index in [2.05, 4.69) is 97.1 Å². The highest BCUT2D eigenvalue weighted by Gasteiger charge is 2.15. The monoisotopic (exact) mass is 601 g/mol. The Hall–Kier alpha value is -6.39. The lowest BCUT2D eigenvalue weighted by molar-refractivity contribution is 0.669. The van der Waals surface area contributed by atoms with Gasteiger partial charge < -0.3 is 4.42 Å². The van der Waals surface area contributed by atoms with Gasteiger partial charge in [0.1, 0.15) is 11.2 Å². The second-order valence-electron chi connectivity index (χ2n) is 11.7. The van der Waals surface area contributed by atoms with Crippen LogP contribution in [-0.2, 0) is 0 Å². The Morgan fingerprint density at radius 2 is 0.787 bits per heavy atom. The highest BCUT2D eigenvalue weighted by Crippen LogP contribution is 2.34. The van der Waals surface area contributed by atoms with Crippen molar-refractivity contribution in [1.82, 2.24) is 15.0 Å². The van der Waals surface area contributed by atoms with Crippen molar-refractivity contribution in [1.29, 1.82) is 0 Å². The predicted octanol–water partition coefficient (Wildman–Crippen LogP) is 11.3. The summed E-state index contributed by atoms with van der Waals surface area (Å²) in [6.45, 7) is 0. The number of benzene rings is 7. The number of rotatable bonds is 5. The zero-order chi connectivity index (χ0) is 31.2. The minimum atomic E-state index is 0.617. The van der Waals surface area contributed by atoms with Crippen LogP contribution in [-0.4, -0.2) is 15.0 Å². The molecular weight excluding hydrogens is 574 g/mol. The number of nitrogens with zero attached hydrogens (tertiary/aromatic N) is 3. The van der Waals surface area contributed by atoms with Crippen molar-refractivity contribution < 1.29 is 4.42 Å². The first-order valence-corrected chi connectivity index (χ1v) is 15.7. The van der Waals surface area contributed by atoms with Crippen LogP contribution in [0.3, 0.4) is 0 Å². The van der Waals surface area contributed by atoms with Crippen molar-refractivity contribution in [2.45, 2.75) is 0 Å². The Labute approximate surface area is 271 Å². The summed E-state index contributed by atoms with van der Waals surface area (Å²) >= 11 is 0. The molecule has 0 N–H and O–H groups in total. The molecule has 0 amide bonds. The summed E-state index contributed by atoms with van der Waals surface area (Å²) in [4.78, 5) is 15.0. The van der Waals surface area contributed by atoms with Gasteiger partial charge in [-0.2, -0.15) is 0 Å². The molecule has 0 atom stereocenters. The Bertz CT molecular complexity index is 2570. The first-order chi connectivity index (χ1) is 23.2. The van der Waals surface area contributed by atoms with E-state index >= 15 is 0 Å². The van der Waals surface area contributed by atoms with Crippen molar-refractivity contribution in [3.8, 4) is 56.4 Å². The Balaban J connectivity index is 1.14. The van der Waals surface area contributed by atoms with E-state index in [-0.39, 0.29) is 0 Å². The van der Waals surface area contributed by atoms with Crippen LogP contribution in [0.5, 0.6) is 0 Å². The standard InChI is InChI=1S/C43H27N3O/c1-3-10-28(11-4-1)31-18-19-34-25-32(20-21-33(34)24-31)30-14-9-15-35(26-30)42-44-41(29-12-5-2-6-13-29)45-43(46-42)36-22-23-40-38(27-36)37-16-7-8-17-39(37)47-40/h1-27H. The van der Waals surface area contributed by atoms with E-state index in [1.54, 1.807) is 0 Å². The summed E-state index contributed by atoms with van der Waals surface area (Å²) in [5.41, 5.74) is 9.15. The third-order valence-electron chi connectivity index (χ3n) is 8.70. The summed E-state index contributed by atoms with van der Waals surface area (Å²) in [7, 11) is 0. The van der Waals surface area contributed by atoms with Crippen LogP contribution in [0.4, 0.5) is 0 Å². The van der Waals surface area contributed by atoms with Gasteiger partial charge in [-0.15, -0.1) is 0 Å². The second kappa shape index (κ2) is 11.2. The molecule has 0 spiro atoms. The van der Waals surface area contributed by atoms with Crippen LogP contribution in [0.1, 0.15) is 0 Å². The van der Waals surface area contributed by atoms with Crippen molar-refractivity contribution in [3.05, 3.63) is 164 Å². The van der Waals surface area contributed by atoms with Gasteiger partial charge in [-0.3, -0.25) is 0 Å². The van der Waals surface area contributed by atoms with E-state index < -0.39 is 0 Å². The van der Waals surface area contributed by atoms with Gasteiger partial charge in [-0.05, 0) is 75.5 Å². The quantitative estimate of drug-likeness (QED) is 0.197. The summed E-state index contributed by atoms with van der Waals surface area (Å²) in [6, 6.07) is 56.5. The average molecular weight is 602 g/mol. The smallest absolute Gasteiger partial charge is 0.164 e. The van der Waals surface area contributed by atoms with Gasteiger partial charge in [0.05, 0.1) is 0 Å². The molecule has 9 aromatic rings. The van der Waals surface area contributed by atoms with Crippen LogP contribution in [0.15, 0.2) is 168 Å². The minimum absolute atomic E-state index is 0.617. The first-order valence-electron chi connectivity index (χ1n) is 15.7. The van der Waals surface area contributed by atoms with E-state index in [1.807, 2.05) is 66.7 Å². The molecule has 7 aromatic carbocycles. The summed E-state index contributed by atoms with van der Waals surface area (Å²) < 4.78 is 6.08. The lowest BCUT2D eigenvalue weighted by atomic mass is 9.97. The summed E-state index contributed by atoms with van der Waals surface area (Å²) in [5, 5.41) is 4.52. The molecule has 9 rings (SSSR count). The molecule has 0 aliphatic heterocycles. The number of hydrogen-bond acceptors (Lipinski definition) is 4. The number of fused-ring (bicyclic) bond motifs is 4. The maximum absolute atomic E-state index is 6.08. The fourth-order valence-electron chi connectivity index (χ4n) is 6.29. The van der Waals surface area contributed by atoms with E-state index in [0.29, 0.717) is 17.5 Å². The van der Waals surface area contributed by atoms with E-state index in [1.165, 1.54) is 21.9 Å². The van der Waals surface area contributed by atoms with Crippen LogP contribution in [0, 0.1) is 0 Å². The molecule has 4 nitrogen and oxygen atoms in total. The molecule has 4 heteroatoms. The Morgan fingerprint density at radius 3 is 1.51 bits per heavy atom. The largest absolute Gasteiger partial charge is 0.456 e. The van der Waals surface area contributed by atoms with Crippen molar-refractivity contribution >= 4 is 32.7 Å². The molecule has 47 heavy (non-hydrogen) atoms. The lowest BCUT2D eigenvalue weighted by Gasteiger charge is -2.10. The minimum Gasteiger partial charge on any atom is -0.456 e. The number of para-hydroxylation sites is 1. The molecule has 2 heterocycles. The predicted molar refractivity (Wildman–Crippen MR) is 192 cm³/mol. The molecule has 0 aliphatic carbocycles. The summed E-state index contributed by atoms with van der Waals surface area (Å²) in [6.07, 6.45) is 0. The normalized spacial score (nSPS) is 11.4. The first kappa shape index (κ1) is 27.0. The van der Waals surface area contributed by atoms with E-state index in [0.717, 1.165) is 49.8 Å². The maximum atomic E-state index is 6.08. The highest BCUT2D eigenvalue weighted by molar-refractivity contribution is 6.06. The van der Waals surface area contributed by atoms with Crippen molar-refractivity contribution in [2.24, 2.45) is 0 Å². The average Bonchev–Trinajstić information content (AvgIpc) is 3.53. The van der Waals surface area contributed by atoms with Gasteiger partial charge in [0.2, 0.25) is 0 Å². The zero-order valence-electron chi connectivity index (χ0n) is 25.3. The highest BCUT2D eigenvalue weighted by atomic mass is 16.3. The molecule has 0 aliphatic rings. The van der Waals surface area contributed by atoms with Gasteiger partial charge in [-0.1, -0.05) is 121 Å². The Morgan fingerprint density at radius 1 is 0.298 bits per heavy atom. The van der Waals surface area contributed by atoms with Crippen LogP contribution in [0.25, 0.3) is 89.1 Å². The zero-order valence-corrected chi connectivity index (χ0v) is 25.3. The van der Waals surface area contributed by atoms with Crippen LogP contribution in [0.2, 0.25) is 0 Å². The molecule has 220 valence electrons. The number of hydrogen-bond donors (Lipinski definition) is 0. The van der Waals surface area contributed by atoms with Gasteiger partial charge in [-0.25, -0.2) is 15.0 Å². The van der Waals surface area contributed by atoms with E-state index in [9.17, 15) is 0 Å². The van der Waals surface area contributed by atoms with Crippen LogP contribution < -0.4 is 0 Å². The maximum Gasteiger partial charge on any atom is 0.164 e. The van der Waals surface area contributed by atoms with Crippen molar-refractivity contribution in [2.75, 3.05) is 0 Å². The number of aromatic nitrogens is 3. The van der Waals surface area contributed by atoms with Crippen LogP contribution >= 0.6 is 0 Å². The molecule has 0 bridgehead atoms. The molecule has 0 fully saturated rings. The van der Waals surface area contributed by atoms with Gasteiger partial charge in [0.15, 0.2) is 17.5 Å². The Kier molecular flexibility index (Phi) is 6.43. The summed E-state index contributed by atoms with van der Waals surface area (Å²) in [5.74, 6) is 1.88. The molecular formula is C43H27N3O. The molecule has 0 radical (unpaired) electrons. The van der Waals surface area contributed by atoms with Gasteiger partial charge in [0, 0.05) is 27.5 Å². The number of furan rings is 1. The lowest BCUT2D eigenvalue weighted by Crippen LogP contribution is -2.00. The second-order valence-corrected chi connectivity index (χ2v) is 11.7. The molecule has 0 unspecified atom stereocenters. The van der Waals surface area contributed by atoms with Gasteiger partial charge in [0.25, 0.3) is 0 Å².